The van der Waals surface area contributed by atoms with Crippen LogP contribution in [-0.2, 0) is 43.3 Å². The molecule has 278 valence electrons. The van der Waals surface area contributed by atoms with Gasteiger partial charge in [0.05, 0.1) is 12.1 Å². The highest BCUT2D eigenvalue weighted by Gasteiger charge is 2.47. The number of carbonyl (C=O) groups excluding carboxylic acids is 1. The number of aromatic nitrogens is 1. The van der Waals surface area contributed by atoms with E-state index in [2.05, 4.69) is 53.8 Å². The topological polar surface area (TPSA) is 125 Å². The highest BCUT2D eigenvalue weighted by molar-refractivity contribution is 8.13. The van der Waals surface area contributed by atoms with Gasteiger partial charge in [-0.1, -0.05) is 75.4 Å². The fourth-order valence-corrected chi connectivity index (χ4v) is 6.12. The van der Waals surface area contributed by atoms with Crippen molar-refractivity contribution in [2.75, 3.05) is 6.61 Å². The third-order valence-corrected chi connectivity index (χ3v) is 9.94. The maximum Gasteiger partial charge on any atom is 0.480 e. The molecule has 0 saturated carbocycles. The molecule has 0 saturated heterocycles. The molecule has 1 aromatic carbocycles. The van der Waals surface area contributed by atoms with Gasteiger partial charge >= 0.3 is 17.1 Å². The van der Waals surface area contributed by atoms with Gasteiger partial charge in [-0.3, -0.25) is 0 Å². The van der Waals surface area contributed by atoms with Gasteiger partial charge in [-0.2, -0.15) is 26.3 Å². The summed E-state index contributed by atoms with van der Waals surface area (Å²) in [6, 6.07) is 14.6. The Morgan fingerprint density at radius 2 is 1.37 bits per heavy atom. The molecule has 0 spiro atoms. The van der Waals surface area contributed by atoms with E-state index in [-0.39, 0.29) is 6.09 Å². The van der Waals surface area contributed by atoms with Crippen LogP contribution in [0.3, 0.4) is 0 Å². The van der Waals surface area contributed by atoms with Crippen molar-refractivity contribution in [1.82, 2.24) is 5.32 Å². The number of hydrogen-bond acceptors (Lipinski definition) is 6. The third kappa shape index (κ3) is 15.5. The lowest BCUT2D eigenvalue weighted by molar-refractivity contribution is -0.704. The molecule has 0 aliphatic heterocycles. The van der Waals surface area contributed by atoms with Crippen molar-refractivity contribution in [2.24, 2.45) is 0 Å². The van der Waals surface area contributed by atoms with E-state index in [1.165, 1.54) is 44.2 Å². The standard InChI is InChI=1S/C30H44N2O2.C2F6NO4S2/c1-6-28-20-13-15-22-32(28)21-14-11-9-7-8-10-12-16-23-34-29(33)31-30(4,5)27-19-17-18-26(24-27)25(2)3;3-1(4,5)14(10,11)9-15(12,13)2(6,7)8/h13,15,17-20,22,24H,2,6-12,14,16,21,23H2,1,3-5H3;/q;-1/p+1. The van der Waals surface area contributed by atoms with E-state index in [1.54, 1.807) is 0 Å². The zero-order valence-electron chi connectivity index (χ0n) is 28.0. The van der Waals surface area contributed by atoms with E-state index >= 15 is 0 Å². The second kappa shape index (κ2) is 19.3. The number of sulfonamides is 2. The molecule has 1 amide bonds. The van der Waals surface area contributed by atoms with Crippen LogP contribution in [0.5, 0.6) is 0 Å². The van der Waals surface area contributed by atoms with E-state index < -0.39 is 36.6 Å². The van der Waals surface area contributed by atoms with Crippen LogP contribution in [-0.4, -0.2) is 40.6 Å². The minimum Gasteiger partial charge on any atom is -0.450 e. The Morgan fingerprint density at radius 3 is 1.88 bits per heavy atom. The molecular weight excluding hydrogens is 700 g/mol. The number of allylic oxidation sites excluding steroid dienone is 1. The molecule has 0 aliphatic rings. The summed E-state index contributed by atoms with van der Waals surface area (Å²) in [6.45, 7) is 13.8. The number of rotatable bonds is 17. The van der Waals surface area contributed by atoms with Gasteiger partial charge in [-0.15, -0.1) is 0 Å². The number of carbonyl (C=O) groups is 1. The molecule has 17 heteroatoms. The van der Waals surface area contributed by atoms with Crippen molar-refractivity contribution >= 4 is 31.7 Å². The molecule has 2 rings (SSSR count). The van der Waals surface area contributed by atoms with Crippen molar-refractivity contribution in [1.29, 1.82) is 0 Å². The Balaban J connectivity index is 0.000000673. The van der Waals surface area contributed by atoms with Crippen molar-refractivity contribution < 1.29 is 57.3 Å². The second-order valence-electron chi connectivity index (χ2n) is 11.7. The third-order valence-electron chi connectivity index (χ3n) is 7.20. The van der Waals surface area contributed by atoms with Gasteiger partial charge in [0.15, 0.2) is 31.9 Å². The predicted octanol–water partition coefficient (Wildman–Crippen LogP) is 8.41. The molecule has 1 aromatic heterocycles. The van der Waals surface area contributed by atoms with E-state index in [9.17, 15) is 48.0 Å². The van der Waals surface area contributed by atoms with Gasteiger partial charge < -0.3 is 14.2 Å². The minimum absolute atomic E-state index is 0.353. The van der Waals surface area contributed by atoms with Crippen molar-refractivity contribution in [3.8, 4) is 0 Å². The van der Waals surface area contributed by atoms with Crippen LogP contribution >= 0.6 is 0 Å². The number of ether oxygens (including phenoxy) is 1. The van der Waals surface area contributed by atoms with Gasteiger partial charge in [-0.05, 0) is 50.8 Å². The Kier molecular flexibility index (Phi) is 17.2. The van der Waals surface area contributed by atoms with E-state index in [4.69, 9.17) is 4.74 Å². The molecule has 1 N–H and O–H groups in total. The summed E-state index contributed by atoms with van der Waals surface area (Å²) < 4.78 is 117. The fourth-order valence-electron chi connectivity index (χ4n) is 4.41. The summed E-state index contributed by atoms with van der Waals surface area (Å²) in [6.07, 6.45) is 12.6. The number of alkyl halides is 6. The van der Waals surface area contributed by atoms with Gasteiger partial charge in [0.25, 0.3) is 0 Å². The number of unbranched alkanes of at least 4 members (excludes halogenated alkanes) is 7. The van der Waals surface area contributed by atoms with Crippen molar-refractivity contribution in [2.45, 2.75) is 109 Å². The van der Waals surface area contributed by atoms with E-state index in [0.29, 0.717) is 6.61 Å². The van der Waals surface area contributed by atoms with Crippen LogP contribution in [0.4, 0.5) is 31.1 Å². The summed E-state index contributed by atoms with van der Waals surface area (Å²) in [5.41, 5.74) is -8.36. The highest BCUT2D eigenvalue weighted by atomic mass is 32.3. The molecule has 1 heterocycles. The average Bonchev–Trinajstić information content (AvgIpc) is 2.98. The number of alkyl carbamates (subject to hydrolysis) is 1. The largest absolute Gasteiger partial charge is 0.480 e. The average molecular weight is 746 g/mol. The second-order valence-corrected chi connectivity index (χ2v) is 15.2. The number of nitrogens with one attached hydrogen (secondary N) is 1. The first kappa shape index (κ1) is 43.8. The normalized spacial score (nSPS) is 12.5. The summed E-state index contributed by atoms with van der Waals surface area (Å²) in [7, 11) is -13.4. The first-order valence-corrected chi connectivity index (χ1v) is 18.5. The summed E-state index contributed by atoms with van der Waals surface area (Å²) in [4.78, 5) is 12.3. The first-order valence-electron chi connectivity index (χ1n) is 15.6. The zero-order valence-corrected chi connectivity index (χ0v) is 29.7. The monoisotopic (exact) mass is 745 g/mol. The SMILES string of the molecule is C=C(C)c1cccc(C(C)(C)NC(=O)OCCCCCCCCCC[n+]2ccccc2CC)c1.O=S(=O)([N-]S(=O)(=O)C(F)(F)F)C(F)(F)F. The Morgan fingerprint density at radius 1 is 0.837 bits per heavy atom. The van der Waals surface area contributed by atoms with Gasteiger partial charge in [0.2, 0.25) is 0 Å². The molecule has 9 nitrogen and oxygen atoms in total. The van der Waals surface area contributed by atoms with Crippen LogP contribution in [0.1, 0.15) is 95.9 Å². The number of aryl methyl sites for hydroxylation is 2. The molecular formula is C32H45F6N3O6S2. The van der Waals surface area contributed by atoms with Crippen LogP contribution < -0.4 is 9.88 Å². The molecule has 0 aliphatic carbocycles. The Labute approximate surface area is 285 Å². The highest BCUT2D eigenvalue weighted by Crippen LogP contribution is 2.36. The lowest BCUT2D eigenvalue weighted by atomic mass is 9.92. The van der Waals surface area contributed by atoms with Crippen molar-refractivity contribution in [3.63, 3.8) is 0 Å². The molecule has 2 aromatic rings. The Hall–Kier alpha value is -3.18. The van der Waals surface area contributed by atoms with Gasteiger partial charge in [-0.25, -0.2) is 26.2 Å². The number of pyridine rings is 1. The molecule has 0 atom stereocenters. The zero-order chi connectivity index (χ0) is 37.5. The van der Waals surface area contributed by atoms with Crippen LogP contribution in [0, 0.1) is 0 Å². The molecule has 0 unspecified atom stereocenters. The predicted molar refractivity (Wildman–Crippen MR) is 175 cm³/mol. The smallest absolute Gasteiger partial charge is 0.450 e. The molecule has 49 heavy (non-hydrogen) atoms. The number of nitrogens with zero attached hydrogens (tertiary/aromatic N) is 2. The van der Waals surface area contributed by atoms with Gasteiger partial charge in [0, 0.05) is 25.0 Å². The maximum absolute atomic E-state index is 12.3. The maximum atomic E-state index is 12.3. The van der Waals surface area contributed by atoms with Crippen LogP contribution in [0.15, 0.2) is 55.2 Å². The molecule has 0 fully saturated rings. The lowest BCUT2D eigenvalue weighted by Gasteiger charge is -2.27. The first-order chi connectivity index (χ1) is 22.5. The fraction of sp³-hybridized carbons (Fsp3) is 0.562. The summed E-state index contributed by atoms with van der Waals surface area (Å²) in [5, 5.41) is 3.00. The van der Waals surface area contributed by atoms with E-state index in [0.717, 1.165) is 46.6 Å². The summed E-state index contributed by atoms with van der Waals surface area (Å²) >= 11 is 0. The number of amides is 1. The molecule has 0 radical (unpaired) electrons. The summed E-state index contributed by atoms with van der Waals surface area (Å²) in [5.74, 6) is 0. The number of benzene rings is 1. The lowest BCUT2D eigenvalue weighted by Crippen LogP contribution is -2.41. The van der Waals surface area contributed by atoms with E-state index in [1.807, 2.05) is 39.0 Å². The minimum atomic E-state index is -6.72. The molecule has 0 bridgehead atoms. The van der Waals surface area contributed by atoms with Crippen LogP contribution in [0.2, 0.25) is 0 Å². The van der Waals surface area contributed by atoms with Crippen molar-refractivity contribution in [3.05, 3.63) is 76.2 Å². The number of halogens is 6. The Bertz CT molecular complexity index is 1540. The quantitative estimate of drug-likeness (QED) is 0.0986. The number of hydrogen-bond donors (Lipinski definition) is 1. The van der Waals surface area contributed by atoms with Crippen LogP contribution in [0.25, 0.3) is 9.70 Å². The van der Waals surface area contributed by atoms with Gasteiger partial charge in [0.1, 0.15) is 6.54 Å².